The lowest BCUT2D eigenvalue weighted by Crippen LogP contribution is -2.49. The van der Waals surface area contributed by atoms with E-state index in [4.69, 9.17) is 4.74 Å². The molecule has 0 saturated carbocycles. The van der Waals surface area contributed by atoms with E-state index in [0.717, 1.165) is 37.6 Å². The molecule has 1 aromatic heterocycles. The number of aryl methyl sites for hydroxylation is 1. The van der Waals surface area contributed by atoms with Crippen molar-refractivity contribution in [3.63, 3.8) is 0 Å². The summed E-state index contributed by atoms with van der Waals surface area (Å²) in [7, 11) is 3.43. The molecule has 0 unspecified atom stereocenters. The SMILES string of the molecule is COc1ccc(N2CCN(C(=O)CSc3nnnn3C)CC2)cc1. The molecule has 0 bridgehead atoms. The van der Waals surface area contributed by atoms with E-state index >= 15 is 0 Å². The van der Waals surface area contributed by atoms with Crippen LogP contribution in [0.1, 0.15) is 0 Å². The average molecular weight is 348 g/mol. The van der Waals surface area contributed by atoms with Crippen LogP contribution in [-0.4, -0.2) is 70.1 Å². The number of amides is 1. The van der Waals surface area contributed by atoms with Crippen LogP contribution in [-0.2, 0) is 11.8 Å². The normalized spacial score (nSPS) is 14.8. The first-order valence-electron chi connectivity index (χ1n) is 7.69. The van der Waals surface area contributed by atoms with Gasteiger partial charge in [-0.05, 0) is 34.7 Å². The summed E-state index contributed by atoms with van der Waals surface area (Å²) >= 11 is 1.36. The third-order valence-corrected chi connectivity index (χ3v) is 4.97. The second-order valence-corrected chi connectivity index (χ2v) is 6.38. The standard InChI is InChI=1S/C15H20N6O2S/c1-19-15(16-17-18-19)24-11-14(22)21-9-7-20(8-10-21)12-3-5-13(23-2)6-4-12/h3-6H,7-11H2,1-2H3. The van der Waals surface area contributed by atoms with Crippen molar-refractivity contribution >= 4 is 23.4 Å². The van der Waals surface area contributed by atoms with Gasteiger partial charge in [0.2, 0.25) is 11.1 Å². The van der Waals surface area contributed by atoms with Crippen molar-refractivity contribution in [1.29, 1.82) is 0 Å². The van der Waals surface area contributed by atoms with Crippen LogP contribution in [0.15, 0.2) is 29.4 Å². The molecule has 0 N–H and O–H groups in total. The van der Waals surface area contributed by atoms with Gasteiger partial charge in [0.25, 0.3) is 0 Å². The Hall–Kier alpha value is -2.29. The fourth-order valence-corrected chi connectivity index (χ4v) is 3.32. The lowest BCUT2D eigenvalue weighted by molar-refractivity contribution is -0.128. The van der Waals surface area contributed by atoms with Crippen LogP contribution < -0.4 is 9.64 Å². The molecule has 0 radical (unpaired) electrons. The second kappa shape index (κ2) is 7.52. The van der Waals surface area contributed by atoms with Gasteiger partial charge in [0.1, 0.15) is 5.75 Å². The number of tetrazole rings is 1. The van der Waals surface area contributed by atoms with Gasteiger partial charge in [0.15, 0.2) is 0 Å². The molecule has 1 amide bonds. The maximum atomic E-state index is 12.3. The van der Waals surface area contributed by atoms with Crippen LogP contribution in [0.2, 0.25) is 0 Å². The van der Waals surface area contributed by atoms with Crippen LogP contribution >= 0.6 is 11.8 Å². The summed E-state index contributed by atoms with van der Waals surface area (Å²) < 4.78 is 6.75. The van der Waals surface area contributed by atoms with Crippen LogP contribution in [0.5, 0.6) is 5.75 Å². The Labute approximate surface area is 144 Å². The Balaban J connectivity index is 1.49. The Morgan fingerprint density at radius 3 is 2.50 bits per heavy atom. The molecule has 1 aromatic carbocycles. The monoisotopic (exact) mass is 348 g/mol. The van der Waals surface area contributed by atoms with Gasteiger partial charge in [-0.2, -0.15) is 0 Å². The molecular formula is C15H20N6O2S. The highest BCUT2D eigenvalue weighted by Crippen LogP contribution is 2.21. The fraction of sp³-hybridized carbons (Fsp3) is 0.467. The Morgan fingerprint density at radius 1 is 1.21 bits per heavy atom. The molecule has 1 fully saturated rings. The number of aromatic nitrogens is 4. The summed E-state index contributed by atoms with van der Waals surface area (Å²) in [6, 6.07) is 8.01. The number of carbonyl (C=O) groups excluding carboxylic acids is 1. The number of hydrogen-bond acceptors (Lipinski definition) is 7. The number of anilines is 1. The molecule has 1 aliphatic rings. The van der Waals surface area contributed by atoms with E-state index in [1.54, 1.807) is 18.8 Å². The molecule has 1 saturated heterocycles. The van der Waals surface area contributed by atoms with Crippen molar-refractivity contribution in [2.45, 2.75) is 5.16 Å². The maximum Gasteiger partial charge on any atom is 0.233 e. The largest absolute Gasteiger partial charge is 0.497 e. The number of rotatable bonds is 5. The third kappa shape index (κ3) is 3.78. The van der Waals surface area contributed by atoms with Crippen LogP contribution in [0.3, 0.4) is 0 Å². The van der Waals surface area contributed by atoms with E-state index in [-0.39, 0.29) is 5.91 Å². The van der Waals surface area contributed by atoms with E-state index in [1.807, 2.05) is 29.2 Å². The quantitative estimate of drug-likeness (QED) is 0.735. The molecular weight excluding hydrogens is 328 g/mol. The molecule has 3 rings (SSSR count). The summed E-state index contributed by atoms with van der Waals surface area (Å²) in [6.07, 6.45) is 0. The van der Waals surface area contributed by atoms with Crippen LogP contribution in [0, 0.1) is 0 Å². The smallest absolute Gasteiger partial charge is 0.233 e. The van der Waals surface area contributed by atoms with Gasteiger partial charge in [0, 0.05) is 38.9 Å². The second-order valence-electron chi connectivity index (χ2n) is 5.44. The van der Waals surface area contributed by atoms with Gasteiger partial charge >= 0.3 is 0 Å². The fourth-order valence-electron chi connectivity index (χ4n) is 2.57. The molecule has 2 heterocycles. The molecule has 24 heavy (non-hydrogen) atoms. The summed E-state index contributed by atoms with van der Waals surface area (Å²) in [4.78, 5) is 16.5. The van der Waals surface area contributed by atoms with Gasteiger partial charge in [-0.1, -0.05) is 11.8 Å². The van der Waals surface area contributed by atoms with Gasteiger partial charge in [-0.3, -0.25) is 4.79 Å². The number of hydrogen-bond donors (Lipinski definition) is 0. The number of thioether (sulfide) groups is 1. The van der Waals surface area contributed by atoms with Gasteiger partial charge in [-0.15, -0.1) is 5.10 Å². The van der Waals surface area contributed by atoms with Crippen LogP contribution in [0.4, 0.5) is 5.69 Å². The third-order valence-electron chi connectivity index (χ3n) is 3.98. The first-order chi connectivity index (χ1) is 11.7. The van der Waals surface area contributed by atoms with E-state index in [0.29, 0.717) is 10.9 Å². The minimum atomic E-state index is 0.123. The van der Waals surface area contributed by atoms with E-state index in [9.17, 15) is 4.79 Å². The number of carbonyl (C=O) groups is 1. The van der Waals surface area contributed by atoms with Crippen molar-refractivity contribution in [1.82, 2.24) is 25.1 Å². The molecule has 128 valence electrons. The summed E-state index contributed by atoms with van der Waals surface area (Å²) in [5.41, 5.74) is 1.16. The number of nitrogens with zero attached hydrogens (tertiary/aromatic N) is 6. The molecule has 0 spiro atoms. The summed E-state index contributed by atoms with van der Waals surface area (Å²) in [6.45, 7) is 3.10. The number of methoxy groups -OCH3 is 1. The molecule has 2 aromatic rings. The van der Waals surface area contributed by atoms with Crippen molar-refractivity contribution in [3.8, 4) is 5.75 Å². The Bertz CT molecular complexity index is 682. The van der Waals surface area contributed by atoms with Gasteiger partial charge in [0.05, 0.1) is 12.9 Å². The van der Waals surface area contributed by atoms with E-state index in [1.165, 1.54) is 11.8 Å². The molecule has 0 aliphatic carbocycles. The van der Waals surface area contributed by atoms with Crippen molar-refractivity contribution in [2.24, 2.45) is 7.05 Å². The lowest BCUT2D eigenvalue weighted by atomic mass is 10.2. The Kier molecular flexibility index (Phi) is 5.19. The molecule has 0 atom stereocenters. The first kappa shape index (κ1) is 16.6. The van der Waals surface area contributed by atoms with Crippen molar-refractivity contribution in [2.75, 3.05) is 43.9 Å². The summed E-state index contributed by atoms with van der Waals surface area (Å²) in [5, 5.41) is 11.9. The zero-order valence-electron chi connectivity index (χ0n) is 13.8. The zero-order chi connectivity index (χ0) is 16.9. The predicted octanol–water partition coefficient (Wildman–Crippen LogP) is 0.660. The zero-order valence-corrected chi connectivity index (χ0v) is 14.6. The average Bonchev–Trinajstić information content (AvgIpc) is 3.05. The number of piperazine rings is 1. The van der Waals surface area contributed by atoms with Gasteiger partial charge in [-0.25, -0.2) is 4.68 Å². The minimum Gasteiger partial charge on any atom is -0.497 e. The summed E-state index contributed by atoms with van der Waals surface area (Å²) in [5.74, 6) is 1.33. The minimum absolute atomic E-state index is 0.123. The molecule has 1 aliphatic heterocycles. The molecule has 9 heteroatoms. The highest BCUT2D eigenvalue weighted by Gasteiger charge is 2.21. The van der Waals surface area contributed by atoms with Crippen molar-refractivity contribution in [3.05, 3.63) is 24.3 Å². The topological polar surface area (TPSA) is 76.4 Å². The lowest BCUT2D eigenvalue weighted by Gasteiger charge is -2.36. The highest BCUT2D eigenvalue weighted by molar-refractivity contribution is 7.99. The highest BCUT2D eigenvalue weighted by atomic mass is 32.2. The molecule has 8 nitrogen and oxygen atoms in total. The van der Waals surface area contributed by atoms with Crippen molar-refractivity contribution < 1.29 is 9.53 Å². The first-order valence-corrected chi connectivity index (χ1v) is 8.68. The van der Waals surface area contributed by atoms with Gasteiger partial charge < -0.3 is 14.5 Å². The van der Waals surface area contributed by atoms with E-state index < -0.39 is 0 Å². The predicted molar refractivity (Wildman–Crippen MR) is 91.3 cm³/mol. The number of ether oxygens (including phenoxy) is 1. The van der Waals surface area contributed by atoms with Crippen LogP contribution in [0.25, 0.3) is 0 Å². The maximum absolute atomic E-state index is 12.3. The number of benzene rings is 1. The van der Waals surface area contributed by atoms with E-state index in [2.05, 4.69) is 20.4 Å². The Morgan fingerprint density at radius 2 is 1.92 bits per heavy atom.